The number of aryl methyl sites for hydroxylation is 1. The van der Waals surface area contributed by atoms with E-state index in [2.05, 4.69) is 23.9 Å². The predicted octanol–water partition coefficient (Wildman–Crippen LogP) is 2.68. The van der Waals surface area contributed by atoms with Crippen LogP contribution in [-0.4, -0.2) is 38.1 Å². The first-order valence-corrected chi connectivity index (χ1v) is 7.37. The van der Waals surface area contributed by atoms with Crippen molar-refractivity contribution in [3.8, 4) is 0 Å². The first kappa shape index (κ1) is 15.3. The molecule has 0 bridgehead atoms. The van der Waals surface area contributed by atoms with Crippen LogP contribution in [0.2, 0.25) is 0 Å². The second-order valence-electron chi connectivity index (χ2n) is 6.12. The van der Waals surface area contributed by atoms with Crippen LogP contribution in [-0.2, 0) is 0 Å². The van der Waals surface area contributed by atoms with E-state index in [-0.39, 0.29) is 11.9 Å². The van der Waals surface area contributed by atoms with Crippen molar-refractivity contribution in [3.63, 3.8) is 0 Å². The molecule has 1 aliphatic heterocycles. The number of hydrogen-bond acceptors (Lipinski definition) is 3. The van der Waals surface area contributed by atoms with E-state index in [0.717, 1.165) is 24.3 Å². The van der Waals surface area contributed by atoms with Gasteiger partial charge in [-0.25, -0.2) is 4.39 Å². The summed E-state index contributed by atoms with van der Waals surface area (Å²) in [5.74, 6) is -0.171. The highest BCUT2D eigenvalue weighted by Crippen LogP contribution is 2.30. The zero-order valence-corrected chi connectivity index (χ0v) is 13.0. The molecule has 0 radical (unpaired) electrons. The van der Waals surface area contributed by atoms with E-state index >= 15 is 0 Å². The molecule has 20 heavy (non-hydrogen) atoms. The maximum Gasteiger partial charge on any atom is 0.126 e. The van der Waals surface area contributed by atoms with E-state index in [1.807, 2.05) is 19.9 Å². The van der Waals surface area contributed by atoms with Crippen LogP contribution in [0.25, 0.3) is 0 Å². The summed E-state index contributed by atoms with van der Waals surface area (Å²) in [5.41, 5.74) is 8.67. The molecule has 1 fully saturated rings. The number of benzene rings is 1. The van der Waals surface area contributed by atoms with E-state index in [1.54, 1.807) is 6.07 Å². The maximum atomic E-state index is 13.8. The number of anilines is 1. The number of likely N-dealkylation sites (tertiary alicyclic amines) is 1. The summed E-state index contributed by atoms with van der Waals surface area (Å²) in [4.78, 5) is 4.63. The van der Waals surface area contributed by atoms with E-state index in [1.165, 1.54) is 12.8 Å². The largest absolute Gasteiger partial charge is 0.370 e. The molecule has 1 saturated heterocycles. The fourth-order valence-corrected chi connectivity index (χ4v) is 3.00. The average molecular weight is 279 g/mol. The predicted molar refractivity (Wildman–Crippen MR) is 82.7 cm³/mol. The minimum Gasteiger partial charge on any atom is -0.370 e. The van der Waals surface area contributed by atoms with Crippen molar-refractivity contribution < 1.29 is 4.39 Å². The average Bonchev–Trinajstić information content (AvgIpc) is 2.40. The Labute approximate surface area is 121 Å². The van der Waals surface area contributed by atoms with Crippen molar-refractivity contribution in [1.82, 2.24) is 4.90 Å². The van der Waals surface area contributed by atoms with Crippen LogP contribution < -0.4 is 10.6 Å². The number of nitrogens with zero attached hydrogens (tertiary/aromatic N) is 2. The summed E-state index contributed by atoms with van der Waals surface area (Å²) < 4.78 is 13.8. The molecule has 0 aromatic heterocycles. The molecule has 1 aromatic rings. The van der Waals surface area contributed by atoms with Gasteiger partial charge in [0.05, 0.1) is 0 Å². The molecule has 2 N–H and O–H groups in total. The lowest BCUT2D eigenvalue weighted by atomic mass is 9.99. The van der Waals surface area contributed by atoms with Crippen LogP contribution >= 0.6 is 0 Å². The minimum absolute atomic E-state index is 0.163. The Balaban J connectivity index is 2.32. The van der Waals surface area contributed by atoms with E-state index in [0.29, 0.717) is 11.6 Å². The van der Waals surface area contributed by atoms with Crippen LogP contribution in [0.15, 0.2) is 12.1 Å². The molecule has 1 aliphatic rings. The fourth-order valence-electron chi connectivity index (χ4n) is 3.00. The van der Waals surface area contributed by atoms with Gasteiger partial charge >= 0.3 is 0 Å². The molecule has 112 valence electrons. The van der Waals surface area contributed by atoms with Crippen molar-refractivity contribution >= 4 is 5.69 Å². The zero-order chi connectivity index (χ0) is 14.9. The van der Waals surface area contributed by atoms with Crippen molar-refractivity contribution in [2.75, 3.05) is 32.1 Å². The van der Waals surface area contributed by atoms with Gasteiger partial charge in [0.1, 0.15) is 5.82 Å². The summed E-state index contributed by atoms with van der Waals surface area (Å²) in [6.45, 7) is 5.93. The van der Waals surface area contributed by atoms with Gasteiger partial charge in [0.2, 0.25) is 0 Å². The van der Waals surface area contributed by atoms with Crippen molar-refractivity contribution in [2.24, 2.45) is 5.73 Å². The third-order valence-electron chi connectivity index (χ3n) is 4.33. The Morgan fingerprint density at radius 2 is 2.15 bits per heavy atom. The third-order valence-corrected chi connectivity index (χ3v) is 4.33. The Morgan fingerprint density at radius 3 is 2.75 bits per heavy atom. The van der Waals surface area contributed by atoms with Crippen LogP contribution in [0.4, 0.5) is 10.1 Å². The number of rotatable bonds is 3. The van der Waals surface area contributed by atoms with E-state index in [4.69, 9.17) is 5.73 Å². The Kier molecular flexibility index (Phi) is 4.66. The van der Waals surface area contributed by atoms with Gasteiger partial charge in [-0.2, -0.15) is 0 Å². The van der Waals surface area contributed by atoms with Crippen LogP contribution in [0, 0.1) is 12.7 Å². The lowest BCUT2D eigenvalue weighted by Gasteiger charge is -2.38. The van der Waals surface area contributed by atoms with Gasteiger partial charge in [-0.15, -0.1) is 0 Å². The SMILES string of the molecule is Cc1cc(N(C)C2CCCN(C)C2)c([C@H](C)N)cc1F. The van der Waals surface area contributed by atoms with Crippen LogP contribution in [0.3, 0.4) is 0 Å². The molecule has 1 unspecified atom stereocenters. The molecular weight excluding hydrogens is 253 g/mol. The molecule has 0 aliphatic carbocycles. The fraction of sp³-hybridized carbons (Fsp3) is 0.625. The highest BCUT2D eigenvalue weighted by atomic mass is 19.1. The van der Waals surface area contributed by atoms with Crippen molar-refractivity contribution in [1.29, 1.82) is 0 Å². The minimum atomic E-state index is -0.171. The summed E-state index contributed by atoms with van der Waals surface area (Å²) in [6, 6.07) is 3.83. The Bertz CT molecular complexity index is 473. The van der Waals surface area contributed by atoms with Crippen molar-refractivity contribution in [3.05, 3.63) is 29.1 Å². The standard InChI is InChI=1S/C16H26FN3/c1-11-8-16(14(12(2)18)9-15(11)17)20(4)13-6-5-7-19(3)10-13/h8-9,12-13H,5-7,10,18H2,1-4H3/t12-,13?/m0/s1. The molecular formula is C16H26FN3. The van der Waals surface area contributed by atoms with Gasteiger partial charge < -0.3 is 15.5 Å². The molecule has 0 amide bonds. The Hall–Kier alpha value is -1.13. The molecule has 1 aromatic carbocycles. The number of halogens is 1. The molecule has 3 nitrogen and oxygen atoms in total. The first-order chi connectivity index (χ1) is 9.40. The van der Waals surface area contributed by atoms with Gasteiger partial charge in [0.15, 0.2) is 0 Å². The summed E-state index contributed by atoms with van der Waals surface area (Å²) in [6.07, 6.45) is 2.38. The molecule has 0 saturated carbocycles. The number of hydrogen-bond donors (Lipinski definition) is 1. The quantitative estimate of drug-likeness (QED) is 0.923. The highest BCUT2D eigenvalue weighted by Gasteiger charge is 2.24. The summed E-state index contributed by atoms with van der Waals surface area (Å²) in [7, 11) is 4.25. The number of piperidine rings is 1. The highest BCUT2D eigenvalue weighted by molar-refractivity contribution is 5.57. The lowest BCUT2D eigenvalue weighted by Crippen LogP contribution is -2.45. The van der Waals surface area contributed by atoms with Gasteiger partial charge in [-0.3, -0.25) is 0 Å². The van der Waals surface area contributed by atoms with Gasteiger partial charge in [-0.05, 0) is 63.5 Å². The number of nitrogens with two attached hydrogens (primary N) is 1. The molecule has 2 rings (SSSR count). The van der Waals surface area contributed by atoms with Crippen molar-refractivity contribution in [2.45, 2.75) is 38.8 Å². The molecule has 2 atom stereocenters. The van der Waals surface area contributed by atoms with Crippen LogP contribution in [0.1, 0.15) is 36.9 Å². The molecule has 4 heteroatoms. The monoisotopic (exact) mass is 279 g/mol. The Morgan fingerprint density at radius 1 is 1.45 bits per heavy atom. The normalized spacial score (nSPS) is 21.8. The summed E-state index contributed by atoms with van der Waals surface area (Å²) in [5, 5.41) is 0. The summed E-state index contributed by atoms with van der Waals surface area (Å²) >= 11 is 0. The maximum absolute atomic E-state index is 13.8. The smallest absolute Gasteiger partial charge is 0.126 e. The molecule has 1 heterocycles. The number of likely N-dealkylation sites (N-methyl/N-ethyl adjacent to an activating group) is 2. The second-order valence-corrected chi connectivity index (χ2v) is 6.12. The topological polar surface area (TPSA) is 32.5 Å². The third kappa shape index (κ3) is 3.13. The zero-order valence-electron chi connectivity index (χ0n) is 13.0. The molecule has 0 spiro atoms. The second kappa shape index (κ2) is 6.10. The van der Waals surface area contributed by atoms with E-state index in [9.17, 15) is 4.39 Å². The van der Waals surface area contributed by atoms with Gasteiger partial charge in [0.25, 0.3) is 0 Å². The van der Waals surface area contributed by atoms with E-state index < -0.39 is 0 Å². The van der Waals surface area contributed by atoms with Crippen LogP contribution in [0.5, 0.6) is 0 Å². The lowest BCUT2D eigenvalue weighted by molar-refractivity contribution is 0.247. The first-order valence-electron chi connectivity index (χ1n) is 7.37. The van der Waals surface area contributed by atoms with Gasteiger partial charge in [0, 0.05) is 31.4 Å². The van der Waals surface area contributed by atoms with Gasteiger partial charge in [-0.1, -0.05) is 0 Å².